The van der Waals surface area contributed by atoms with E-state index in [1.807, 2.05) is 81.4 Å². The Kier molecular flexibility index (Phi) is 8.64. The van der Waals surface area contributed by atoms with Gasteiger partial charge in [0.1, 0.15) is 23.9 Å². The minimum Gasteiger partial charge on any atom is -0.497 e. The normalized spacial score (nSPS) is 12.2. The molecule has 0 spiro atoms. The fourth-order valence-electron chi connectivity index (χ4n) is 4.56. The average Bonchev–Trinajstić information content (AvgIpc) is 3.34. The van der Waals surface area contributed by atoms with Crippen LogP contribution >= 0.6 is 0 Å². The first-order valence-corrected chi connectivity index (χ1v) is 13.3. The van der Waals surface area contributed by atoms with Gasteiger partial charge in [0, 0.05) is 12.1 Å². The maximum atomic E-state index is 14.1. The van der Waals surface area contributed by atoms with Crippen LogP contribution in [0.4, 0.5) is 0 Å². The molecule has 8 nitrogen and oxygen atoms in total. The molecule has 1 aromatic heterocycles. The molecule has 4 aromatic rings. The van der Waals surface area contributed by atoms with Crippen molar-refractivity contribution in [2.75, 3.05) is 13.7 Å². The maximum Gasteiger partial charge on any atom is 0.247 e. The van der Waals surface area contributed by atoms with E-state index in [1.54, 1.807) is 16.7 Å². The molecule has 204 valence electrons. The molecule has 1 atom stereocenters. The summed E-state index contributed by atoms with van der Waals surface area (Å²) >= 11 is 0. The van der Waals surface area contributed by atoms with Crippen LogP contribution in [0.25, 0.3) is 11.0 Å². The quantitative estimate of drug-likeness (QED) is 0.301. The molecule has 0 fully saturated rings. The molecule has 1 N–H and O–H groups in total. The molecule has 1 unspecified atom stereocenters. The number of hydrogen-bond donors (Lipinski definition) is 1. The number of ether oxygens (including phenoxy) is 1. The zero-order chi connectivity index (χ0) is 28.0. The van der Waals surface area contributed by atoms with Gasteiger partial charge < -0.3 is 15.0 Å². The molecule has 0 saturated heterocycles. The summed E-state index contributed by atoms with van der Waals surface area (Å²) in [5, 5.41) is 11.6. The number of aromatic nitrogens is 3. The summed E-state index contributed by atoms with van der Waals surface area (Å²) in [6.07, 6.45) is 1.34. The molecule has 3 aromatic carbocycles. The molecule has 39 heavy (non-hydrogen) atoms. The monoisotopic (exact) mass is 527 g/mol. The topological polar surface area (TPSA) is 89.4 Å². The number of carbonyl (C=O) groups excluding carboxylic acids is 2. The van der Waals surface area contributed by atoms with E-state index in [4.69, 9.17) is 4.74 Å². The van der Waals surface area contributed by atoms with Crippen molar-refractivity contribution >= 4 is 22.8 Å². The van der Waals surface area contributed by atoms with Gasteiger partial charge in [-0.2, -0.15) is 0 Å². The smallest absolute Gasteiger partial charge is 0.247 e. The number of carbonyl (C=O) groups is 2. The summed E-state index contributed by atoms with van der Waals surface area (Å²) in [4.78, 5) is 29.7. The minimum atomic E-state index is -0.864. The van der Waals surface area contributed by atoms with E-state index in [1.165, 1.54) is 0 Å². The summed E-state index contributed by atoms with van der Waals surface area (Å²) in [6, 6.07) is 22.1. The highest BCUT2D eigenvalue weighted by atomic mass is 16.5. The Morgan fingerprint density at radius 2 is 1.79 bits per heavy atom. The van der Waals surface area contributed by atoms with E-state index in [2.05, 4.69) is 34.7 Å². The molecule has 4 rings (SSSR count). The molecule has 0 bridgehead atoms. The highest BCUT2D eigenvalue weighted by Crippen LogP contribution is 2.27. The summed E-state index contributed by atoms with van der Waals surface area (Å²) < 4.78 is 7.06. The first kappa shape index (κ1) is 27.8. The van der Waals surface area contributed by atoms with Gasteiger partial charge in [0.25, 0.3) is 0 Å². The van der Waals surface area contributed by atoms with Gasteiger partial charge in [0.05, 0.1) is 12.6 Å². The molecule has 1 heterocycles. The molecular formula is C31H37N5O3. The first-order valence-electron chi connectivity index (χ1n) is 13.3. The second kappa shape index (κ2) is 12.1. The molecule has 8 heteroatoms. The van der Waals surface area contributed by atoms with Gasteiger partial charge in [-0.25, -0.2) is 4.68 Å². The number of fused-ring (bicyclic) bond motifs is 1. The molecule has 0 aliphatic heterocycles. The Morgan fingerprint density at radius 3 is 2.54 bits per heavy atom. The zero-order valence-electron chi connectivity index (χ0n) is 23.3. The lowest BCUT2D eigenvalue weighted by Gasteiger charge is -2.35. The van der Waals surface area contributed by atoms with Crippen LogP contribution in [-0.2, 0) is 22.6 Å². The molecule has 0 aliphatic carbocycles. The molecule has 0 aliphatic rings. The van der Waals surface area contributed by atoms with Gasteiger partial charge in [-0.1, -0.05) is 60.7 Å². The van der Waals surface area contributed by atoms with E-state index >= 15 is 0 Å². The molecular weight excluding hydrogens is 490 g/mol. The van der Waals surface area contributed by atoms with Crippen molar-refractivity contribution in [3.05, 3.63) is 89.5 Å². The van der Waals surface area contributed by atoms with Crippen LogP contribution in [0.3, 0.4) is 0 Å². The van der Waals surface area contributed by atoms with Gasteiger partial charge >= 0.3 is 0 Å². The Bertz CT molecular complexity index is 1440. The van der Waals surface area contributed by atoms with Crippen LogP contribution in [0.5, 0.6) is 5.75 Å². The van der Waals surface area contributed by atoms with Crippen LogP contribution in [0.2, 0.25) is 0 Å². The van der Waals surface area contributed by atoms with E-state index in [0.717, 1.165) is 23.1 Å². The highest BCUT2D eigenvalue weighted by molar-refractivity contribution is 5.89. The predicted molar refractivity (Wildman–Crippen MR) is 152 cm³/mol. The van der Waals surface area contributed by atoms with Crippen molar-refractivity contribution in [3.8, 4) is 5.75 Å². The van der Waals surface area contributed by atoms with Gasteiger partial charge in [0.2, 0.25) is 11.8 Å². The van der Waals surface area contributed by atoms with Gasteiger partial charge in [-0.05, 0) is 74.6 Å². The fourth-order valence-corrected chi connectivity index (χ4v) is 4.56. The number of aryl methyl sites for hydroxylation is 1. The average molecular weight is 528 g/mol. The van der Waals surface area contributed by atoms with E-state index in [9.17, 15) is 9.59 Å². The predicted octanol–water partition coefficient (Wildman–Crippen LogP) is 4.87. The summed E-state index contributed by atoms with van der Waals surface area (Å²) in [6.45, 7) is 8.34. The van der Waals surface area contributed by atoms with Crippen LogP contribution in [0, 0.1) is 6.92 Å². The number of benzene rings is 3. The third-order valence-corrected chi connectivity index (χ3v) is 7.22. The van der Waals surface area contributed by atoms with Gasteiger partial charge in [0.15, 0.2) is 0 Å². The largest absolute Gasteiger partial charge is 0.497 e. The Balaban J connectivity index is 1.75. The van der Waals surface area contributed by atoms with Crippen molar-refractivity contribution in [2.45, 2.75) is 58.7 Å². The van der Waals surface area contributed by atoms with Crippen molar-refractivity contribution < 1.29 is 14.3 Å². The third kappa shape index (κ3) is 6.63. The maximum absolute atomic E-state index is 14.1. The van der Waals surface area contributed by atoms with E-state index in [-0.39, 0.29) is 18.4 Å². The van der Waals surface area contributed by atoms with Crippen molar-refractivity contribution in [3.63, 3.8) is 0 Å². The Labute approximate surface area is 230 Å². The highest BCUT2D eigenvalue weighted by Gasteiger charge is 2.34. The lowest BCUT2D eigenvalue weighted by molar-refractivity contribution is -0.142. The van der Waals surface area contributed by atoms with Crippen molar-refractivity contribution in [1.29, 1.82) is 0 Å². The molecule has 0 saturated carbocycles. The van der Waals surface area contributed by atoms with Crippen LogP contribution < -0.4 is 10.1 Å². The second-order valence-corrected chi connectivity index (χ2v) is 10.4. The summed E-state index contributed by atoms with van der Waals surface area (Å²) in [7, 11) is 1.59. The number of rotatable bonds is 11. The minimum absolute atomic E-state index is 0.0425. The Hall–Kier alpha value is -4.20. The lowest BCUT2D eigenvalue weighted by atomic mass is 9.97. The lowest BCUT2D eigenvalue weighted by Crippen LogP contribution is -2.51. The Morgan fingerprint density at radius 1 is 1.05 bits per heavy atom. The van der Waals surface area contributed by atoms with E-state index in [0.29, 0.717) is 29.8 Å². The van der Waals surface area contributed by atoms with Gasteiger partial charge in [-0.3, -0.25) is 9.59 Å². The number of nitrogens with zero attached hydrogens (tertiary/aromatic N) is 4. The SMILES string of the molecule is CCC(C)(C)NC(=O)C(c1cccc(OC)c1)N(CCc1ccccc1C)C(=O)Cn1nnc2ccccc21. The van der Waals surface area contributed by atoms with Crippen molar-refractivity contribution in [2.24, 2.45) is 0 Å². The number of hydrogen-bond acceptors (Lipinski definition) is 5. The van der Waals surface area contributed by atoms with Crippen LogP contribution in [0.15, 0.2) is 72.8 Å². The number of para-hydroxylation sites is 1. The van der Waals surface area contributed by atoms with Crippen LogP contribution in [0.1, 0.15) is 49.9 Å². The van der Waals surface area contributed by atoms with E-state index < -0.39 is 11.6 Å². The first-order chi connectivity index (χ1) is 18.7. The number of methoxy groups -OCH3 is 1. The fraction of sp³-hybridized carbons (Fsp3) is 0.355. The van der Waals surface area contributed by atoms with Crippen molar-refractivity contribution in [1.82, 2.24) is 25.2 Å². The van der Waals surface area contributed by atoms with Gasteiger partial charge in [-0.15, -0.1) is 5.10 Å². The summed E-state index contributed by atoms with van der Waals surface area (Å²) in [5.74, 6) is 0.154. The number of amides is 2. The number of nitrogens with one attached hydrogen (secondary N) is 1. The molecule has 2 amide bonds. The third-order valence-electron chi connectivity index (χ3n) is 7.22. The summed E-state index contributed by atoms with van der Waals surface area (Å²) in [5.41, 5.74) is 3.98. The molecule has 0 radical (unpaired) electrons. The van der Waals surface area contributed by atoms with Crippen LogP contribution in [-0.4, -0.2) is 50.9 Å². The zero-order valence-corrected chi connectivity index (χ0v) is 23.3. The standard InChI is InChI=1S/C31H37N5O3/c1-6-31(3,4)32-30(38)29(24-14-11-15-25(20-24)39-5)35(19-18-23-13-8-7-12-22(23)2)28(37)21-36-27-17-10-9-16-26(27)33-34-36/h7-17,20,29H,6,18-19,21H2,1-5H3,(H,32,38). The second-order valence-electron chi connectivity index (χ2n) is 10.4.